The average molecular weight is 609 g/mol. The highest BCUT2D eigenvalue weighted by Gasteiger charge is 2.25. The van der Waals surface area contributed by atoms with E-state index < -0.39 is 21.4 Å². The van der Waals surface area contributed by atoms with Crippen molar-refractivity contribution < 1.29 is 24.1 Å². The Morgan fingerprint density at radius 1 is 1.07 bits per heavy atom. The molecular formula is C26H21BrN6O7. The molecule has 0 saturated heterocycles. The van der Waals surface area contributed by atoms with Crippen molar-refractivity contribution in [2.75, 3.05) is 7.11 Å². The number of ether oxygens (including phenoxy) is 2. The lowest BCUT2D eigenvalue weighted by Crippen LogP contribution is -2.19. The van der Waals surface area contributed by atoms with Crippen molar-refractivity contribution in [2.24, 2.45) is 5.10 Å². The zero-order chi connectivity index (χ0) is 28.6. The molecular weight excluding hydrogens is 588 g/mol. The summed E-state index contributed by atoms with van der Waals surface area (Å²) < 4.78 is 13.3. The highest BCUT2D eigenvalue weighted by Crippen LogP contribution is 2.24. The first-order valence-corrected chi connectivity index (χ1v) is 12.4. The molecule has 0 unspecified atom stereocenters. The predicted molar refractivity (Wildman–Crippen MR) is 148 cm³/mol. The Hall–Kier alpha value is -5.11. The smallest absolute Gasteiger partial charge is 0.320 e. The second-order valence-electron chi connectivity index (χ2n) is 8.25. The molecule has 0 aliphatic carbocycles. The van der Waals surface area contributed by atoms with Gasteiger partial charge in [0.2, 0.25) is 5.69 Å². The molecule has 0 saturated carbocycles. The molecule has 0 fully saturated rings. The highest BCUT2D eigenvalue weighted by atomic mass is 79.9. The van der Waals surface area contributed by atoms with Crippen molar-refractivity contribution in [1.82, 2.24) is 15.2 Å². The molecule has 13 nitrogen and oxygen atoms in total. The zero-order valence-corrected chi connectivity index (χ0v) is 22.5. The first-order valence-electron chi connectivity index (χ1n) is 11.6. The largest absolute Gasteiger partial charge is 0.496 e. The number of benzene rings is 3. The van der Waals surface area contributed by atoms with Gasteiger partial charge in [-0.2, -0.15) is 10.2 Å². The van der Waals surface area contributed by atoms with Crippen molar-refractivity contribution in [3.05, 3.63) is 120 Å². The number of nitro groups is 2. The summed E-state index contributed by atoms with van der Waals surface area (Å²) in [4.78, 5) is 33.8. The number of hydrogen-bond donors (Lipinski definition) is 1. The van der Waals surface area contributed by atoms with Crippen molar-refractivity contribution in [3.63, 3.8) is 0 Å². The van der Waals surface area contributed by atoms with Gasteiger partial charge in [0.15, 0.2) is 0 Å². The number of rotatable bonds is 11. The Kier molecular flexibility index (Phi) is 8.81. The minimum absolute atomic E-state index is 0.0377. The molecule has 1 aromatic heterocycles. The number of carbonyl (C=O) groups is 1. The van der Waals surface area contributed by atoms with Crippen LogP contribution in [0.25, 0.3) is 0 Å². The SMILES string of the molecule is COc1cc(/C=N\NC(=O)c2nn(Cc3ccc(Br)cc3)cc2[N+](=O)[O-])ccc1COc1ccc([N+](=O)[O-])cc1. The van der Waals surface area contributed by atoms with E-state index in [-0.39, 0.29) is 24.5 Å². The van der Waals surface area contributed by atoms with E-state index in [0.29, 0.717) is 22.6 Å². The van der Waals surface area contributed by atoms with Crippen LogP contribution in [-0.4, -0.2) is 38.9 Å². The number of nitrogens with one attached hydrogen (secondary N) is 1. The van der Waals surface area contributed by atoms with Gasteiger partial charge >= 0.3 is 5.69 Å². The van der Waals surface area contributed by atoms with Crippen molar-refractivity contribution in [3.8, 4) is 11.5 Å². The van der Waals surface area contributed by atoms with Crippen LogP contribution < -0.4 is 14.9 Å². The van der Waals surface area contributed by atoms with Crippen LogP contribution in [-0.2, 0) is 13.2 Å². The van der Waals surface area contributed by atoms with E-state index >= 15 is 0 Å². The molecule has 0 atom stereocenters. The average Bonchev–Trinajstić information content (AvgIpc) is 3.38. The number of hydrogen-bond acceptors (Lipinski definition) is 9. The van der Waals surface area contributed by atoms with Crippen LogP contribution in [0.3, 0.4) is 0 Å². The van der Waals surface area contributed by atoms with Gasteiger partial charge in [-0.05, 0) is 41.5 Å². The van der Waals surface area contributed by atoms with E-state index in [1.54, 1.807) is 18.2 Å². The van der Waals surface area contributed by atoms with Crippen LogP contribution in [0.5, 0.6) is 11.5 Å². The number of hydrazone groups is 1. The van der Waals surface area contributed by atoms with Gasteiger partial charge < -0.3 is 9.47 Å². The number of non-ortho nitro benzene ring substituents is 1. The van der Waals surface area contributed by atoms with Gasteiger partial charge in [-0.15, -0.1) is 0 Å². The molecule has 0 radical (unpaired) electrons. The minimum atomic E-state index is -0.836. The number of aromatic nitrogens is 2. The summed E-state index contributed by atoms with van der Waals surface area (Å²) in [5, 5.41) is 30.3. The molecule has 0 aliphatic heterocycles. The molecule has 204 valence electrons. The fourth-order valence-electron chi connectivity index (χ4n) is 3.57. The van der Waals surface area contributed by atoms with Crippen LogP contribution in [0.4, 0.5) is 11.4 Å². The van der Waals surface area contributed by atoms with E-state index in [1.165, 1.54) is 48.5 Å². The summed E-state index contributed by atoms with van der Waals surface area (Å²) in [6.07, 6.45) is 2.55. The molecule has 0 spiro atoms. The number of carbonyl (C=O) groups excluding carboxylic acids is 1. The van der Waals surface area contributed by atoms with Gasteiger partial charge in [-0.25, -0.2) is 5.43 Å². The number of amides is 1. The lowest BCUT2D eigenvalue weighted by Gasteiger charge is -2.11. The van der Waals surface area contributed by atoms with Crippen LogP contribution in [0, 0.1) is 20.2 Å². The van der Waals surface area contributed by atoms with Gasteiger partial charge in [0, 0.05) is 22.2 Å². The Labute approximate surface area is 235 Å². The Morgan fingerprint density at radius 2 is 1.80 bits per heavy atom. The van der Waals surface area contributed by atoms with E-state index in [4.69, 9.17) is 9.47 Å². The maximum atomic E-state index is 12.6. The Morgan fingerprint density at radius 3 is 2.45 bits per heavy atom. The summed E-state index contributed by atoms with van der Waals surface area (Å²) in [5.74, 6) is 0.103. The lowest BCUT2D eigenvalue weighted by molar-refractivity contribution is -0.385. The predicted octanol–water partition coefficient (Wildman–Crippen LogP) is 4.86. The second kappa shape index (κ2) is 12.6. The molecule has 0 bridgehead atoms. The molecule has 1 amide bonds. The topological polar surface area (TPSA) is 164 Å². The summed E-state index contributed by atoms with van der Waals surface area (Å²) in [6.45, 7) is 0.381. The highest BCUT2D eigenvalue weighted by molar-refractivity contribution is 9.10. The monoisotopic (exact) mass is 608 g/mol. The molecule has 0 aliphatic rings. The van der Waals surface area contributed by atoms with Gasteiger partial charge in [0.05, 0.1) is 29.7 Å². The number of nitrogens with zero attached hydrogens (tertiary/aromatic N) is 5. The van der Waals surface area contributed by atoms with Crippen LogP contribution in [0.15, 0.2) is 82.5 Å². The van der Waals surface area contributed by atoms with Crippen molar-refractivity contribution in [2.45, 2.75) is 13.2 Å². The maximum Gasteiger partial charge on any atom is 0.320 e. The second-order valence-corrected chi connectivity index (χ2v) is 9.17. The van der Waals surface area contributed by atoms with Crippen LogP contribution in [0.2, 0.25) is 0 Å². The van der Waals surface area contributed by atoms with Gasteiger partial charge in [0.25, 0.3) is 11.6 Å². The van der Waals surface area contributed by atoms with E-state index in [0.717, 1.165) is 10.0 Å². The van der Waals surface area contributed by atoms with Gasteiger partial charge in [0.1, 0.15) is 24.3 Å². The van der Waals surface area contributed by atoms with Crippen molar-refractivity contribution in [1.29, 1.82) is 0 Å². The van der Waals surface area contributed by atoms with Crippen molar-refractivity contribution >= 4 is 39.4 Å². The third kappa shape index (κ3) is 7.05. The summed E-state index contributed by atoms with van der Waals surface area (Å²) in [7, 11) is 1.48. The van der Waals surface area contributed by atoms with Gasteiger partial charge in [-0.3, -0.25) is 29.7 Å². The van der Waals surface area contributed by atoms with E-state index in [2.05, 4.69) is 31.6 Å². The number of methoxy groups -OCH3 is 1. The fourth-order valence-corrected chi connectivity index (χ4v) is 3.83. The molecule has 1 heterocycles. The first kappa shape index (κ1) is 27.9. The Bertz CT molecular complexity index is 1570. The quantitative estimate of drug-likeness (QED) is 0.143. The Balaban J connectivity index is 1.40. The van der Waals surface area contributed by atoms with E-state index in [1.807, 2.05) is 24.3 Å². The lowest BCUT2D eigenvalue weighted by atomic mass is 10.1. The summed E-state index contributed by atoms with van der Waals surface area (Å²) >= 11 is 3.35. The summed E-state index contributed by atoms with van der Waals surface area (Å²) in [6, 6.07) is 18.2. The number of halogens is 1. The third-order valence-electron chi connectivity index (χ3n) is 5.54. The van der Waals surface area contributed by atoms with Crippen LogP contribution >= 0.6 is 15.9 Å². The molecule has 4 rings (SSSR count). The zero-order valence-electron chi connectivity index (χ0n) is 20.9. The summed E-state index contributed by atoms with van der Waals surface area (Å²) in [5.41, 5.74) is 3.55. The molecule has 4 aromatic rings. The van der Waals surface area contributed by atoms with E-state index in [9.17, 15) is 25.0 Å². The van der Waals surface area contributed by atoms with Crippen LogP contribution in [0.1, 0.15) is 27.2 Å². The molecule has 1 N–H and O–H groups in total. The molecule has 14 heteroatoms. The molecule has 3 aromatic carbocycles. The fraction of sp³-hybridized carbons (Fsp3) is 0.115. The number of nitro benzene ring substituents is 1. The third-order valence-corrected chi connectivity index (χ3v) is 6.07. The van der Waals surface area contributed by atoms with Gasteiger partial charge in [-0.1, -0.05) is 40.2 Å². The molecule has 40 heavy (non-hydrogen) atoms. The maximum absolute atomic E-state index is 12.6. The standard InChI is InChI=1S/C26H21BrN6O7/c1-39-24-12-18(2-5-19(24)16-40-22-10-8-21(9-11-22)32(35)36)13-28-29-26(34)25-23(33(37)38)15-31(30-25)14-17-3-6-20(27)7-4-17/h2-13,15H,14,16H2,1H3,(H,29,34)/b28-13-. The normalized spacial score (nSPS) is 10.8. The minimum Gasteiger partial charge on any atom is -0.496 e. The first-order chi connectivity index (χ1) is 19.2.